The molecule has 7 nitrogen and oxygen atoms in total. The second-order valence-corrected chi connectivity index (χ2v) is 8.49. The number of fused-ring (bicyclic) bond motifs is 1. The molecule has 31 heavy (non-hydrogen) atoms. The molecule has 0 radical (unpaired) electrons. The molecule has 2 heterocycles. The zero-order valence-corrected chi connectivity index (χ0v) is 18.5. The number of aromatic hydroxyl groups is 1. The first-order valence-corrected chi connectivity index (χ1v) is 10.9. The maximum Gasteiger partial charge on any atom is 0.279 e. The molecule has 0 bridgehead atoms. The molecule has 0 unspecified atom stereocenters. The molecule has 1 aliphatic rings. The van der Waals surface area contributed by atoms with Crippen molar-refractivity contribution in [1.29, 1.82) is 0 Å². The molecule has 0 fully saturated rings. The van der Waals surface area contributed by atoms with Crippen LogP contribution in [0.5, 0.6) is 11.5 Å². The van der Waals surface area contributed by atoms with E-state index >= 15 is 0 Å². The largest absolute Gasteiger partial charge is 0.504 e. The van der Waals surface area contributed by atoms with Gasteiger partial charge in [-0.2, -0.15) is 4.98 Å². The van der Waals surface area contributed by atoms with Crippen LogP contribution >= 0.6 is 23.4 Å². The number of halogens is 1. The number of hydrogen-bond acceptors (Lipinski definition) is 6. The van der Waals surface area contributed by atoms with Gasteiger partial charge >= 0.3 is 0 Å². The Hall–Kier alpha value is -2.97. The summed E-state index contributed by atoms with van der Waals surface area (Å²) in [5, 5.41) is 14.1. The van der Waals surface area contributed by atoms with Crippen LogP contribution in [0.3, 0.4) is 0 Å². The van der Waals surface area contributed by atoms with Crippen LogP contribution in [0, 0.1) is 0 Å². The van der Waals surface area contributed by atoms with Crippen LogP contribution in [0.25, 0.3) is 0 Å². The van der Waals surface area contributed by atoms with E-state index in [-0.39, 0.29) is 18.1 Å². The molecule has 9 heteroatoms. The highest BCUT2D eigenvalue weighted by Gasteiger charge is 2.32. The van der Waals surface area contributed by atoms with E-state index in [4.69, 9.17) is 16.3 Å². The average Bonchev–Trinajstić information content (AvgIpc) is 2.75. The lowest BCUT2D eigenvalue weighted by atomic mass is 9.86. The maximum absolute atomic E-state index is 13.0. The molecule has 0 saturated heterocycles. The van der Waals surface area contributed by atoms with Gasteiger partial charge in [0.15, 0.2) is 16.7 Å². The van der Waals surface area contributed by atoms with Gasteiger partial charge in [0.25, 0.3) is 5.56 Å². The van der Waals surface area contributed by atoms with Crippen molar-refractivity contribution in [2.45, 2.75) is 23.2 Å². The number of rotatable bonds is 5. The Kier molecular flexibility index (Phi) is 5.93. The van der Waals surface area contributed by atoms with Gasteiger partial charge in [0.1, 0.15) is 5.82 Å². The normalized spacial score (nSPS) is 15.3. The molecular formula is C22H20ClN3O4S. The Balaban J connectivity index is 1.73. The fraction of sp³-hybridized carbons (Fsp3) is 0.227. The summed E-state index contributed by atoms with van der Waals surface area (Å²) in [5.41, 5.74) is 1.56. The van der Waals surface area contributed by atoms with Crippen LogP contribution in [0.4, 0.5) is 5.82 Å². The van der Waals surface area contributed by atoms with Crippen molar-refractivity contribution in [3.05, 3.63) is 74.5 Å². The van der Waals surface area contributed by atoms with Gasteiger partial charge in [-0.1, -0.05) is 47.6 Å². The number of phenolic OH excluding ortho intramolecular Hbond substituents is 1. The third kappa shape index (κ3) is 4.13. The second-order valence-electron chi connectivity index (χ2n) is 7.14. The average molecular weight is 458 g/mol. The molecule has 0 aliphatic carbocycles. The summed E-state index contributed by atoms with van der Waals surface area (Å²) in [6.07, 6.45) is 0.0851. The van der Waals surface area contributed by atoms with Crippen molar-refractivity contribution >= 4 is 35.1 Å². The fourth-order valence-corrected chi connectivity index (χ4v) is 4.88. The first-order valence-electron chi connectivity index (χ1n) is 9.53. The lowest BCUT2D eigenvalue weighted by molar-refractivity contribution is -0.116. The van der Waals surface area contributed by atoms with Crippen LogP contribution in [0.15, 0.2) is 52.4 Å². The summed E-state index contributed by atoms with van der Waals surface area (Å²) in [7, 11) is 3.22. The minimum Gasteiger partial charge on any atom is -0.504 e. The third-order valence-corrected chi connectivity index (χ3v) is 6.67. The van der Waals surface area contributed by atoms with Crippen molar-refractivity contribution in [3.8, 4) is 11.5 Å². The van der Waals surface area contributed by atoms with Crippen LogP contribution in [-0.4, -0.2) is 27.7 Å². The molecule has 2 aromatic carbocycles. The molecular weight excluding hydrogens is 438 g/mol. The molecule has 1 aliphatic heterocycles. The van der Waals surface area contributed by atoms with Gasteiger partial charge in [0, 0.05) is 30.2 Å². The monoisotopic (exact) mass is 457 g/mol. The highest BCUT2D eigenvalue weighted by molar-refractivity contribution is 7.98. The summed E-state index contributed by atoms with van der Waals surface area (Å²) in [5.74, 6) is 0.483. The molecule has 0 saturated carbocycles. The van der Waals surface area contributed by atoms with E-state index in [0.717, 1.165) is 5.56 Å². The molecule has 4 rings (SSSR count). The molecule has 1 atom stereocenters. The Morgan fingerprint density at radius 1 is 1.29 bits per heavy atom. The highest BCUT2D eigenvalue weighted by atomic mass is 35.5. The number of nitrogens with zero attached hydrogens (tertiary/aromatic N) is 2. The Morgan fingerprint density at radius 2 is 2.06 bits per heavy atom. The van der Waals surface area contributed by atoms with E-state index < -0.39 is 11.5 Å². The van der Waals surface area contributed by atoms with Crippen LogP contribution < -0.4 is 15.6 Å². The topological polar surface area (TPSA) is 93.5 Å². The van der Waals surface area contributed by atoms with Gasteiger partial charge < -0.3 is 19.7 Å². The zero-order chi connectivity index (χ0) is 22.1. The quantitative estimate of drug-likeness (QED) is 0.445. The number of benzene rings is 2. The van der Waals surface area contributed by atoms with Crippen molar-refractivity contribution in [1.82, 2.24) is 9.55 Å². The molecule has 3 aromatic rings. The van der Waals surface area contributed by atoms with E-state index in [9.17, 15) is 14.7 Å². The molecule has 0 spiro atoms. The van der Waals surface area contributed by atoms with Gasteiger partial charge in [-0.3, -0.25) is 9.59 Å². The van der Waals surface area contributed by atoms with Gasteiger partial charge in [-0.05, 0) is 29.3 Å². The number of hydrogen-bond donors (Lipinski definition) is 2. The number of aromatic nitrogens is 2. The van der Waals surface area contributed by atoms with Crippen LogP contribution in [-0.2, 0) is 17.6 Å². The predicted octanol–water partition coefficient (Wildman–Crippen LogP) is 3.91. The number of carbonyl (C=O) groups is 1. The summed E-state index contributed by atoms with van der Waals surface area (Å²) < 4.78 is 6.80. The number of methoxy groups -OCH3 is 1. The lowest BCUT2D eigenvalue weighted by Gasteiger charge is -2.27. The molecule has 1 aromatic heterocycles. The first kappa shape index (κ1) is 21.3. The second kappa shape index (κ2) is 8.64. The number of anilines is 1. The number of thioether (sulfide) groups is 1. The van der Waals surface area contributed by atoms with E-state index in [0.29, 0.717) is 38.6 Å². The van der Waals surface area contributed by atoms with Crippen molar-refractivity contribution in [2.24, 2.45) is 7.05 Å². The fourth-order valence-electron chi connectivity index (χ4n) is 3.63. The number of phenols is 1. The predicted molar refractivity (Wildman–Crippen MR) is 120 cm³/mol. The Morgan fingerprint density at radius 3 is 2.77 bits per heavy atom. The Bertz CT molecular complexity index is 1230. The lowest BCUT2D eigenvalue weighted by Crippen LogP contribution is -2.33. The van der Waals surface area contributed by atoms with E-state index in [1.807, 2.05) is 24.3 Å². The van der Waals surface area contributed by atoms with Crippen LogP contribution in [0.1, 0.15) is 29.0 Å². The summed E-state index contributed by atoms with van der Waals surface area (Å²) >= 11 is 7.60. The standard InChI is InChI=1S/C22H20ClN3O4S/c1-26-20-19(21(29)25-22(26)31-11-13-5-3-4-6-15(13)23)14(10-18(28)24-20)12-7-8-17(30-2)16(27)9-12/h3-9,14,27H,10-11H2,1-2H3,(H,24,28)/t14-/m0/s1. The van der Waals surface area contributed by atoms with Gasteiger partial charge in [0.05, 0.1) is 12.7 Å². The summed E-state index contributed by atoms with van der Waals surface area (Å²) in [6.45, 7) is 0. The van der Waals surface area contributed by atoms with E-state index in [2.05, 4.69) is 10.3 Å². The maximum atomic E-state index is 13.0. The minimum absolute atomic E-state index is 0.0516. The Labute approximate surface area is 188 Å². The summed E-state index contributed by atoms with van der Waals surface area (Å²) in [4.78, 5) is 29.7. The minimum atomic E-state index is -0.519. The van der Waals surface area contributed by atoms with Gasteiger partial charge in [-0.15, -0.1) is 0 Å². The third-order valence-electron chi connectivity index (χ3n) is 5.22. The van der Waals surface area contributed by atoms with Gasteiger partial charge in [0.2, 0.25) is 5.91 Å². The molecule has 2 N–H and O–H groups in total. The van der Waals surface area contributed by atoms with Crippen molar-refractivity contribution < 1.29 is 14.6 Å². The number of ether oxygens (including phenoxy) is 1. The number of nitrogens with one attached hydrogen (secondary N) is 1. The smallest absolute Gasteiger partial charge is 0.279 e. The zero-order valence-electron chi connectivity index (χ0n) is 16.9. The van der Waals surface area contributed by atoms with E-state index in [1.54, 1.807) is 23.7 Å². The number of carbonyl (C=O) groups excluding carboxylic acids is 1. The SMILES string of the molecule is COc1ccc([C@@H]2CC(=O)Nc3c2c(=O)nc(SCc2ccccc2Cl)n3C)cc1O. The molecule has 1 amide bonds. The van der Waals surface area contributed by atoms with Crippen molar-refractivity contribution in [3.63, 3.8) is 0 Å². The van der Waals surface area contributed by atoms with Crippen LogP contribution in [0.2, 0.25) is 5.02 Å². The summed E-state index contributed by atoms with van der Waals surface area (Å²) in [6, 6.07) is 12.4. The van der Waals surface area contributed by atoms with Crippen molar-refractivity contribution in [2.75, 3.05) is 12.4 Å². The van der Waals surface area contributed by atoms with E-state index in [1.165, 1.54) is 24.9 Å². The highest BCUT2D eigenvalue weighted by Crippen LogP contribution is 2.39. The van der Waals surface area contributed by atoms with Gasteiger partial charge in [-0.25, -0.2) is 0 Å². The number of amides is 1. The first-order chi connectivity index (χ1) is 14.9. The molecule has 160 valence electrons.